The molecule has 88 valence electrons. The zero-order valence-corrected chi connectivity index (χ0v) is 10.2. The molecule has 4 nitrogen and oxygen atoms in total. The number of carboxylic acid groups (broad SMARTS) is 1. The smallest absolute Gasteiger partial charge is 0.335 e. The number of rotatable bonds is 4. The predicted molar refractivity (Wildman–Crippen MR) is 64.0 cm³/mol. The predicted octanol–water partition coefficient (Wildman–Crippen LogP) is 2.18. The van der Waals surface area contributed by atoms with Crippen LogP contribution in [0.15, 0.2) is 12.1 Å². The van der Waals surface area contributed by atoms with Gasteiger partial charge in [-0.15, -0.1) is 0 Å². The quantitative estimate of drug-likeness (QED) is 0.848. The number of hydrogen-bond donors (Lipinski definition) is 1. The summed E-state index contributed by atoms with van der Waals surface area (Å²) in [6, 6.07) is 3.19. The van der Waals surface area contributed by atoms with Crippen molar-refractivity contribution in [2.24, 2.45) is 5.92 Å². The Morgan fingerprint density at radius 2 is 2.12 bits per heavy atom. The van der Waals surface area contributed by atoms with Crippen molar-refractivity contribution in [2.45, 2.75) is 20.8 Å². The molecule has 0 aromatic carbocycles. The van der Waals surface area contributed by atoms with Crippen LogP contribution in [0, 0.1) is 12.8 Å². The Morgan fingerprint density at radius 3 is 2.62 bits per heavy atom. The van der Waals surface area contributed by atoms with Crippen molar-refractivity contribution in [1.29, 1.82) is 0 Å². The first-order valence-corrected chi connectivity index (χ1v) is 5.33. The van der Waals surface area contributed by atoms with Gasteiger partial charge in [0.1, 0.15) is 5.82 Å². The molecule has 0 spiro atoms. The molecule has 16 heavy (non-hydrogen) atoms. The molecule has 0 aliphatic heterocycles. The second kappa shape index (κ2) is 4.96. The van der Waals surface area contributed by atoms with E-state index >= 15 is 0 Å². The molecule has 4 heteroatoms. The molecule has 1 aromatic heterocycles. The molecule has 1 N–H and O–H groups in total. The van der Waals surface area contributed by atoms with Crippen molar-refractivity contribution in [3.05, 3.63) is 23.4 Å². The van der Waals surface area contributed by atoms with Gasteiger partial charge in [-0.25, -0.2) is 9.78 Å². The highest BCUT2D eigenvalue weighted by Gasteiger charge is 2.10. The van der Waals surface area contributed by atoms with Crippen LogP contribution in [0.25, 0.3) is 0 Å². The van der Waals surface area contributed by atoms with Gasteiger partial charge < -0.3 is 10.0 Å². The average Bonchev–Trinajstić information content (AvgIpc) is 2.15. The number of anilines is 1. The van der Waals surface area contributed by atoms with Crippen LogP contribution in [0.4, 0.5) is 5.82 Å². The largest absolute Gasteiger partial charge is 0.478 e. The van der Waals surface area contributed by atoms with Gasteiger partial charge in [-0.3, -0.25) is 0 Å². The fourth-order valence-corrected chi connectivity index (χ4v) is 1.61. The number of carbonyl (C=O) groups is 1. The van der Waals surface area contributed by atoms with Crippen LogP contribution in [0.1, 0.15) is 29.9 Å². The van der Waals surface area contributed by atoms with Gasteiger partial charge in [-0.2, -0.15) is 0 Å². The van der Waals surface area contributed by atoms with E-state index < -0.39 is 5.97 Å². The monoisotopic (exact) mass is 222 g/mol. The molecule has 0 aliphatic rings. The second-order valence-electron chi connectivity index (χ2n) is 4.43. The lowest BCUT2D eigenvalue weighted by molar-refractivity contribution is 0.0696. The molecule has 1 rings (SSSR count). The third kappa shape index (κ3) is 3.22. The number of carboxylic acids is 1. The fraction of sp³-hybridized carbons (Fsp3) is 0.500. The molecule has 0 unspecified atom stereocenters. The summed E-state index contributed by atoms with van der Waals surface area (Å²) in [6.45, 7) is 6.89. The first-order chi connectivity index (χ1) is 7.40. The number of nitrogens with zero attached hydrogens (tertiary/aromatic N) is 2. The maximum atomic E-state index is 10.9. The van der Waals surface area contributed by atoms with Gasteiger partial charge in [0, 0.05) is 19.3 Å². The highest BCUT2D eigenvalue weighted by Crippen LogP contribution is 2.15. The van der Waals surface area contributed by atoms with Crippen molar-refractivity contribution >= 4 is 11.8 Å². The van der Waals surface area contributed by atoms with Crippen LogP contribution in [-0.4, -0.2) is 29.7 Å². The van der Waals surface area contributed by atoms with Gasteiger partial charge in [0.05, 0.1) is 5.56 Å². The Kier molecular flexibility index (Phi) is 3.88. The van der Waals surface area contributed by atoms with E-state index in [4.69, 9.17) is 5.11 Å². The van der Waals surface area contributed by atoms with E-state index in [1.165, 1.54) is 0 Å². The minimum absolute atomic E-state index is 0.290. The Labute approximate surface area is 95.9 Å². The zero-order valence-electron chi connectivity index (χ0n) is 10.2. The van der Waals surface area contributed by atoms with Gasteiger partial charge >= 0.3 is 5.97 Å². The average molecular weight is 222 g/mol. The topological polar surface area (TPSA) is 53.4 Å². The lowest BCUT2D eigenvalue weighted by Gasteiger charge is -2.21. The summed E-state index contributed by atoms with van der Waals surface area (Å²) in [5, 5.41) is 8.95. The van der Waals surface area contributed by atoms with Gasteiger partial charge in [0.15, 0.2) is 0 Å². The number of aryl methyl sites for hydroxylation is 1. The van der Waals surface area contributed by atoms with E-state index in [1.54, 1.807) is 19.1 Å². The SMILES string of the molecule is Cc1cc(C(=O)O)cc(N(C)CC(C)C)n1. The number of aromatic carboxylic acids is 1. The van der Waals surface area contributed by atoms with Crippen molar-refractivity contribution in [3.8, 4) is 0 Å². The van der Waals surface area contributed by atoms with E-state index in [-0.39, 0.29) is 5.56 Å². The highest BCUT2D eigenvalue weighted by atomic mass is 16.4. The maximum Gasteiger partial charge on any atom is 0.335 e. The van der Waals surface area contributed by atoms with E-state index in [0.717, 1.165) is 12.2 Å². The maximum absolute atomic E-state index is 10.9. The molecule has 1 heterocycles. The molecule has 0 aliphatic carbocycles. The van der Waals surface area contributed by atoms with Crippen molar-refractivity contribution in [2.75, 3.05) is 18.5 Å². The molecule has 0 bridgehead atoms. The summed E-state index contributed by atoms with van der Waals surface area (Å²) in [5.41, 5.74) is 1.02. The van der Waals surface area contributed by atoms with E-state index in [1.807, 2.05) is 11.9 Å². The summed E-state index contributed by atoms with van der Waals surface area (Å²) in [7, 11) is 1.92. The lowest BCUT2D eigenvalue weighted by atomic mass is 10.2. The molecule has 1 aromatic rings. The van der Waals surface area contributed by atoms with Crippen LogP contribution in [-0.2, 0) is 0 Å². The third-order valence-corrected chi connectivity index (χ3v) is 2.22. The van der Waals surface area contributed by atoms with Crippen LogP contribution >= 0.6 is 0 Å². The minimum atomic E-state index is -0.912. The standard InChI is InChI=1S/C12H18N2O2/c1-8(2)7-14(4)11-6-10(12(15)16)5-9(3)13-11/h5-6,8H,7H2,1-4H3,(H,15,16). The Morgan fingerprint density at radius 1 is 1.50 bits per heavy atom. The number of aromatic nitrogens is 1. The number of hydrogen-bond acceptors (Lipinski definition) is 3. The van der Waals surface area contributed by atoms with Crippen LogP contribution in [0.3, 0.4) is 0 Å². The summed E-state index contributed by atoms with van der Waals surface area (Å²) < 4.78 is 0. The Balaban J connectivity index is 3.00. The van der Waals surface area contributed by atoms with Crippen molar-refractivity contribution < 1.29 is 9.90 Å². The molecule has 0 saturated heterocycles. The number of pyridine rings is 1. The van der Waals surface area contributed by atoms with Crippen LogP contribution in [0.5, 0.6) is 0 Å². The first kappa shape index (κ1) is 12.5. The Bertz CT molecular complexity index is 389. The van der Waals surface area contributed by atoms with Crippen LogP contribution in [0.2, 0.25) is 0 Å². The highest BCUT2D eigenvalue weighted by molar-refractivity contribution is 5.88. The third-order valence-electron chi connectivity index (χ3n) is 2.22. The minimum Gasteiger partial charge on any atom is -0.478 e. The fourth-order valence-electron chi connectivity index (χ4n) is 1.61. The molecule has 0 amide bonds. The molecule has 0 saturated carbocycles. The van der Waals surface area contributed by atoms with E-state index in [2.05, 4.69) is 18.8 Å². The van der Waals surface area contributed by atoms with Gasteiger partial charge in [0.2, 0.25) is 0 Å². The van der Waals surface area contributed by atoms with E-state index in [0.29, 0.717) is 11.7 Å². The summed E-state index contributed by atoms with van der Waals surface area (Å²) in [6.07, 6.45) is 0. The Hall–Kier alpha value is -1.58. The molecular formula is C12H18N2O2. The first-order valence-electron chi connectivity index (χ1n) is 5.33. The lowest BCUT2D eigenvalue weighted by Crippen LogP contribution is -2.24. The molecule has 0 radical (unpaired) electrons. The molecular weight excluding hydrogens is 204 g/mol. The summed E-state index contributed by atoms with van der Waals surface area (Å²) in [5.74, 6) is 0.316. The van der Waals surface area contributed by atoms with Gasteiger partial charge in [-0.1, -0.05) is 13.8 Å². The van der Waals surface area contributed by atoms with Crippen LogP contribution < -0.4 is 4.90 Å². The molecule has 0 fully saturated rings. The van der Waals surface area contributed by atoms with Crippen molar-refractivity contribution in [1.82, 2.24) is 4.98 Å². The second-order valence-corrected chi connectivity index (χ2v) is 4.43. The van der Waals surface area contributed by atoms with E-state index in [9.17, 15) is 4.79 Å². The summed E-state index contributed by atoms with van der Waals surface area (Å²) >= 11 is 0. The zero-order chi connectivity index (χ0) is 12.3. The van der Waals surface area contributed by atoms with Crippen molar-refractivity contribution in [3.63, 3.8) is 0 Å². The summed E-state index contributed by atoms with van der Waals surface area (Å²) in [4.78, 5) is 17.2. The van der Waals surface area contributed by atoms with Gasteiger partial charge in [-0.05, 0) is 25.0 Å². The van der Waals surface area contributed by atoms with Gasteiger partial charge in [0.25, 0.3) is 0 Å². The molecule has 0 atom stereocenters. The normalized spacial score (nSPS) is 10.6.